The van der Waals surface area contributed by atoms with Gasteiger partial charge in [-0.3, -0.25) is 0 Å². The third kappa shape index (κ3) is 2.07. The first-order valence-corrected chi connectivity index (χ1v) is 5.14. The fourth-order valence-electron chi connectivity index (χ4n) is 0.942. The molecule has 2 nitrogen and oxygen atoms in total. The molecule has 0 saturated carbocycles. The van der Waals surface area contributed by atoms with Gasteiger partial charge in [0, 0.05) is 22.0 Å². The largest absolute Gasteiger partial charge is 0.326 e. The van der Waals surface area contributed by atoms with Crippen LogP contribution in [0.1, 0.15) is 11.1 Å². The van der Waals surface area contributed by atoms with E-state index in [9.17, 15) is 0 Å². The zero-order valence-corrected chi connectivity index (χ0v) is 9.65. The number of hydrogen-bond donors (Lipinski definition) is 2. The molecule has 12 heavy (non-hydrogen) atoms. The topological polar surface area (TPSA) is 52.0 Å². The lowest BCUT2D eigenvalue weighted by atomic mass is 10.1. The van der Waals surface area contributed by atoms with Gasteiger partial charge in [-0.2, -0.15) is 0 Å². The van der Waals surface area contributed by atoms with Crippen LogP contribution in [-0.2, 0) is 13.1 Å². The van der Waals surface area contributed by atoms with Crippen LogP contribution in [0.25, 0.3) is 0 Å². The maximum atomic E-state index is 5.53. The van der Waals surface area contributed by atoms with Gasteiger partial charge in [0.2, 0.25) is 0 Å². The van der Waals surface area contributed by atoms with Crippen LogP contribution in [-0.4, -0.2) is 0 Å². The summed E-state index contributed by atoms with van der Waals surface area (Å²) in [5, 5.41) is 0. The Bertz CT molecular complexity index is 257. The zero-order valence-electron chi connectivity index (χ0n) is 6.48. The molecule has 1 rings (SSSR count). The predicted octanol–water partition coefficient (Wildman–Crippen LogP) is 2.13. The first-order chi connectivity index (χ1) is 5.69. The summed E-state index contributed by atoms with van der Waals surface area (Å²) in [4.78, 5) is 0. The molecule has 0 saturated heterocycles. The molecule has 0 unspecified atom stereocenters. The van der Waals surface area contributed by atoms with E-state index in [4.69, 9.17) is 11.5 Å². The quantitative estimate of drug-likeness (QED) is 0.878. The summed E-state index contributed by atoms with van der Waals surface area (Å²) in [6, 6.07) is 3.98. The van der Waals surface area contributed by atoms with Crippen molar-refractivity contribution in [2.45, 2.75) is 13.1 Å². The molecule has 0 amide bonds. The van der Waals surface area contributed by atoms with E-state index in [0.29, 0.717) is 13.1 Å². The molecule has 1 aromatic carbocycles. The van der Waals surface area contributed by atoms with Gasteiger partial charge < -0.3 is 11.5 Å². The van der Waals surface area contributed by atoms with Gasteiger partial charge in [-0.1, -0.05) is 31.9 Å². The Balaban J connectivity index is 3.16. The molecule has 0 aliphatic heterocycles. The third-order valence-corrected chi connectivity index (χ3v) is 3.13. The molecular formula is C8H10Br2N2. The molecular weight excluding hydrogens is 284 g/mol. The van der Waals surface area contributed by atoms with Crippen molar-refractivity contribution in [1.29, 1.82) is 0 Å². The van der Waals surface area contributed by atoms with Crippen LogP contribution in [0.5, 0.6) is 0 Å². The van der Waals surface area contributed by atoms with E-state index in [2.05, 4.69) is 31.9 Å². The van der Waals surface area contributed by atoms with Gasteiger partial charge in [-0.05, 0) is 23.3 Å². The molecule has 0 heterocycles. The molecule has 1 aromatic rings. The maximum Gasteiger partial charge on any atom is 0.0224 e. The van der Waals surface area contributed by atoms with E-state index in [1.54, 1.807) is 0 Å². The Morgan fingerprint density at radius 1 is 0.917 bits per heavy atom. The summed E-state index contributed by atoms with van der Waals surface area (Å²) >= 11 is 6.85. The lowest BCUT2D eigenvalue weighted by molar-refractivity contribution is 1.02. The molecule has 0 aliphatic rings. The van der Waals surface area contributed by atoms with Crippen molar-refractivity contribution in [3.8, 4) is 0 Å². The molecule has 4 N–H and O–H groups in total. The van der Waals surface area contributed by atoms with Crippen LogP contribution >= 0.6 is 31.9 Å². The molecule has 4 heteroatoms. The zero-order chi connectivity index (χ0) is 9.14. The van der Waals surface area contributed by atoms with Crippen LogP contribution in [0, 0.1) is 0 Å². The van der Waals surface area contributed by atoms with Crippen molar-refractivity contribution >= 4 is 31.9 Å². The van der Waals surface area contributed by atoms with E-state index in [-0.39, 0.29) is 0 Å². The summed E-state index contributed by atoms with van der Waals surface area (Å²) < 4.78 is 2.04. The van der Waals surface area contributed by atoms with Crippen LogP contribution in [0.3, 0.4) is 0 Å². The second kappa shape index (κ2) is 4.37. The number of rotatable bonds is 2. The Hall–Kier alpha value is 0.1000. The van der Waals surface area contributed by atoms with Gasteiger partial charge in [0.15, 0.2) is 0 Å². The first-order valence-electron chi connectivity index (χ1n) is 3.56. The molecule has 0 aliphatic carbocycles. The number of halogens is 2. The van der Waals surface area contributed by atoms with Crippen molar-refractivity contribution in [3.63, 3.8) is 0 Å². The van der Waals surface area contributed by atoms with Crippen LogP contribution in [0.2, 0.25) is 0 Å². The number of hydrogen-bond acceptors (Lipinski definition) is 2. The van der Waals surface area contributed by atoms with Gasteiger partial charge in [-0.15, -0.1) is 0 Å². The van der Waals surface area contributed by atoms with E-state index >= 15 is 0 Å². The highest BCUT2D eigenvalue weighted by molar-refractivity contribution is 9.11. The third-order valence-electron chi connectivity index (χ3n) is 1.66. The second-order valence-corrected chi connectivity index (χ2v) is 4.15. The van der Waals surface area contributed by atoms with Gasteiger partial charge in [0.25, 0.3) is 0 Å². The second-order valence-electron chi connectivity index (χ2n) is 2.44. The molecule has 0 bridgehead atoms. The Labute approximate surface area is 88.6 Å². The van der Waals surface area contributed by atoms with Crippen LogP contribution < -0.4 is 11.5 Å². The predicted molar refractivity (Wildman–Crippen MR) is 57.6 cm³/mol. The average Bonchev–Trinajstić information content (AvgIpc) is 2.08. The van der Waals surface area contributed by atoms with E-state index in [1.165, 1.54) is 0 Å². The molecule has 66 valence electrons. The van der Waals surface area contributed by atoms with Gasteiger partial charge in [-0.25, -0.2) is 0 Å². The van der Waals surface area contributed by atoms with Crippen molar-refractivity contribution in [2.24, 2.45) is 11.5 Å². The van der Waals surface area contributed by atoms with Crippen molar-refractivity contribution < 1.29 is 0 Å². The standard InChI is InChI=1S/C8H10Br2N2/c9-7-1-5(3-11)8(10)2-6(7)4-12/h1-2H,3-4,11-12H2. The van der Waals surface area contributed by atoms with Crippen molar-refractivity contribution in [3.05, 3.63) is 32.2 Å². The fourth-order valence-corrected chi connectivity index (χ4v) is 2.05. The minimum absolute atomic E-state index is 0.532. The van der Waals surface area contributed by atoms with Crippen molar-refractivity contribution in [1.82, 2.24) is 0 Å². The summed E-state index contributed by atoms with van der Waals surface area (Å²) in [6.07, 6.45) is 0. The molecule has 0 radical (unpaired) electrons. The summed E-state index contributed by atoms with van der Waals surface area (Å²) in [5.74, 6) is 0. The number of benzene rings is 1. The molecule has 0 aromatic heterocycles. The summed E-state index contributed by atoms with van der Waals surface area (Å²) in [7, 11) is 0. The first kappa shape index (κ1) is 10.2. The number of nitrogens with two attached hydrogens (primary N) is 2. The molecule has 0 atom stereocenters. The fraction of sp³-hybridized carbons (Fsp3) is 0.250. The molecule has 0 spiro atoms. The summed E-state index contributed by atoms with van der Waals surface area (Å²) in [5.41, 5.74) is 13.2. The minimum Gasteiger partial charge on any atom is -0.326 e. The minimum atomic E-state index is 0.532. The lowest BCUT2D eigenvalue weighted by Gasteiger charge is -2.06. The van der Waals surface area contributed by atoms with Crippen LogP contribution in [0.4, 0.5) is 0 Å². The maximum absolute atomic E-state index is 5.53. The van der Waals surface area contributed by atoms with Crippen LogP contribution in [0.15, 0.2) is 21.1 Å². The SMILES string of the molecule is NCc1cc(Br)c(CN)cc1Br. The smallest absolute Gasteiger partial charge is 0.0224 e. The van der Waals surface area contributed by atoms with Gasteiger partial charge in [0.1, 0.15) is 0 Å². The monoisotopic (exact) mass is 292 g/mol. The van der Waals surface area contributed by atoms with E-state index in [0.717, 1.165) is 20.1 Å². The summed E-state index contributed by atoms with van der Waals surface area (Å²) in [6.45, 7) is 1.06. The van der Waals surface area contributed by atoms with Gasteiger partial charge >= 0.3 is 0 Å². The van der Waals surface area contributed by atoms with E-state index < -0.39 is 0 Å². The normalized spacial score (nSPS) is 10.3. The Kier molecular flexibility index (Phi) is 3.71. The Morgan fingerprint density at radius 2 is 1.25 bits per heavy atom. The van der Waals surface area contributed by atoms with E-state index in [1.807, 2.05) is 12.1 Å². The molecule has 0 fully saturated rings. The highest BCUT2D eigenvalue weighted by Gasteiger charge is 2.03. The van der Waals surface area contributed by atoms with Gasteiger partial charge in [0.05, 0.1) is 0 Å². The highest BCUT2D eigenvalue weighted by atomic mass is 79.9. The van der Waals surface area contributed by atoms with Crippen molar-refractivity contribution in [2.75, 3.05) is 0 Å². The average molecular weight is 294 g/mol. The lowest BCUT2D eigenvalue weighted by Crippen LogP contribution is -2.02. The highest BCUT2D eigenvalue weighted by Crippen LogP contribution is 2.25. The Morgan fingerprint density at radius 3 is 1.50 bits per heavy atom.